The van der Waals surface area contributed by atoms with Gasteiger partial charge in [-0.3, -0.25) is 14.7 Å². The van der Waals surface area contributed by atoms with Gasteiger partial charge in [-0.2, -0.15) is 0 Å². The van der Waals surface area contributed by atoms with Crippen LogP contribution in [0.25, 0.3) is 0 Å². The van der Waals surface area contributed by atoms with Crippen molar-refractivity contribution in [3.63, 3.8) is 0 Å². The number of nitrogens with one attached hydrogen (secondary N) is 1. The Morgan fingerprint density at radius 3 is 2.74 bits per heavy atom. The standard InChI is InChI=1S/C17H20N4O2/c1-13-10-19-16(11-18-13)17(22)20-15-5-3-2-4-14(15)12-21-6-8-23-9-7-21/h2-5,10-11H,6-9,12H2,1H3,(H,20,22). The predicted molar refractivity (Wildman–Crippen MR) is 87.3 cm³/mol. The largest absolute Gasteiger partial charge is 0.379 e. The number of anilines is 1. The van der Waals surface area contributed by atoms with Gasteiger partial charge >= 0.3 is 0 Å². The lowest BCUT2D eigenvalue weighted by atomic mass is 10.1. The molecule has 0 radical (unpaired) electrons. The molecule has 0 atom stereocenters. The molecule has 1 saturated heterocycles. The van der Waals surface area contributed by atoms with Crippen molar-refractivity contribution in [2.75, 3.05) is 31.6 Å². The molecule has 6 nitrogen and oxygen atoms in total. The van der Waals surface area contributed by atoms with Gasteiger partial charge < -0.3 is 10.1 Å². The molecule has 120 valence electrons. The van der Waals surface area contributed by atoms with Gasteiger partial charge in [0, 0.05) is 31.5 Å². The minimum absolute atomic E-state index is 0.244. The molecule has 1 fully saturated rings. The number of amides is 1. The maximum Gasteiger partial charge on any atom is 0.275 e. The molecule has 1 N–H and O–H groups in total. The lowest BCUT2D eigenvalue weighted by Gasteiger charge is -2.27. The number of nitrogens with zero attached hydrogens (tertiary/aromatic N) is 3. The van der Waals surface area contributed by atoms with Crippen LogP contribution in [0.2, 0.25) is 0 Å². The molecule has 0 saturated carbocycles. The number of aryl methyl sites for hydroxylation is 1. The van der Waals surface area contributed by atoms with Crippen molar-refractivity contribution in [3.8, 4) is 0 Å². The van der Waals surface area contributed by atoms with E-state index in [9.17, 15) is 4.79 Å². The highest BCUT2D eigenvalue weighted by Gasteiger charge is 2.14. The molecule has 1 aromatic heterocycles. The molecule has 1 aliphatic rings. The second kappa shape index (κ2) is 7.30. The molecule has 1 amide bonds. The molecule has 23 heavy (non-hydrogen) atoms. The second-order valence-electron chi connectivity index (χ2n) is 5.54. The number of rotatable bonds is 4. The molecule has 0 spiro atoms. The molecule has 2 heterocycles. The number of para-hydroxylation sites is 1. The summed E-state index contributed by atoms with van der Waals surface area (Å²) in [5.74, 6) is -0.244. The Morgan fingerprint density at radius 1 is 1.22 bits per heavy atom. The van der Waals surface area contributed by atoms with Gasteiger partial charge in [-0.1, -0.05) is 18.2 Å². The Labute approximate surface area is 135 Å². The third-order valence-electron chi connectivity index (χ3n) is 3.78. The first kappa shape index (κ1) is 15.6. The smallest absolute Gasteiger partial charge is 0.275 e. The lowest BCUT2D eigenvalue weighted by Crippen LogP contribution is -2.35. The zero-order valence-corrected chi connectivity index (χ0v) is 13.2. The number of ether oxygens (including phenoxy) is 1. The summed E-state index contributed by atoms with van der Waals surface area (Å²) in [5, 5.41) is 2.94. The van der Waals surface area contributed by atoms with Crippen molar-refractivity contribution in [1.82, 2.24) is 14.9 Å². The van der Waals surface area contributed by atoms with Gasteiger partial charge in [0.2, 0.25) is 0 Å². The normalized spacial score (nSPS) is 15.3. The number of morpholine rings is 1. The van der Waals surface area contributed by atoms with Crippen LogP contribution < -0.4 is 5.32 Å². The SMILES string of the molecule is Cc1cnc(C(=O)Nc2ccccc2CN2CCOCC2)cn1. The van der Waals surface area contributed by atoms with E-state index in [2.05, 4.69) is 20.2 Å². The van der Waals surface area contributed by atoms with Crippen LogP contribution in [0.5, 0.6) is 0 Å². The first-order valence-corrected chi connectivity index (χ1v) is 7.70. The summed E-state index contributed by atoms with van der Waals surface area (Å²) in [5.41, 5.74) is 3.00. The van der Waals surface area contributed by atoms with Gasteiger partial charge in [0.1, 0.15) is 5.69 Å². The number of carbonyl (C=O) groups excluding carboxylic acids is 1. The van der Waals surface area contributed by atoms with Gasteiger partial charge in [0.15, 0.2) is 0 Å². The van der Waals surface area contributed by atoms with Gasteiger partial charge in [0.05, 0.1) is 25.1 Å². The van der Waals surface area contributed by atoms with E-state index < -0.39 is 0 Å². The van der Waals surface area contributed by atoms with Crippen LogP contribution in [0.15, 0.2) is 36.7 Å². The summed E-state index contributed by atoms with van der Waals surface area (Å²) in [4.78, 5) is 22.9. The number of benzene rings is 1. The number of carbonyl (C=O) groups is 1. The lowest BCUT2D eigenvalue weighted by molar-refractivity contribution is 0.0342. The fourth-order valence-corrected chi connectivity index (χ4v) is 2.48. The van der Waals surface area contributed by atoms with E-state index in [4.69, 9.17) is 4.74 Å². The fraction of sp³-hybridized carbons (Fsp3) is 0.353. The predicted octanol–water partition coefficient (Wildman–Crippen LogP) is 1.87. The van der Waals surface area contributed by atoms with Crippen molar-refractivity contribution < 1.29 is 9.53 Å². The van der Waals surface area contributed by atoms with Gasteiger partial charge in [0.25, 0.3) is 5.91 Å². The van der Waals surface area contributed by atoms with Crippen molar-refractivity contribution in [2.45, 2.75) is 13.5 Å². The monoisotopic (exact) mass is 312 g/mol. The highest BCUT2D eigenvalue weighted by Crippen LogP contribution is 2.18. The third-order valence-corrected chi connectivity index (χ3v) is 3.78. The quantitative estimate of drug-likeness (QED) is 0.933. The zero-order valence-electron chi connectivity index (χ0n) is 13.2. The number of hydrogen-bond donors (Lipinski definition) is 1. The maximum absolute atomic E-state index is 12.3. The molecular formula is C17H20N4O2. The van der Waals surface area contributed by atoms with Gasteiger partial charge in [-0.15, -0.1) is 0 Å². The topological polar surface area (TPSA) is 67.4 Å². The molecule has 1 aromatic carbocycles. The van der Waals surface area contributed by atoms with Crippen LogP contribution >= 0.6 is 0 Å². The van der Waals surface area contributed by atoms with E-state index in [1.165, 1.54) is 6.20 Å². The van der Waals surface area contributed by atoms with E-state index in [-0.39, 0.29) is 5.91 Å². The molecule has 1 aliphatic heterocycles. The maximum atomic E-state index is 12.3. The Kier molecular flexibility index (Phi) is 4.95. The molecule has 0 aliphatic carbocycles. The minimum atomic E-state index is -0.244. The summed E-state index contributed by atoms with van der Waals surface area (Å²) < 4.78 is 5.37. The molecule has 3 rings (SSSR count). The summed E-state index contributed by atoms with van der Waals surface area (Å²) in [6, 6.07) is 7.84. The minimum Gasteiger partial charge on any atom is -0.379 e. The third kappa shape index (κ3) is 4.12. The van der Waals surface area contributed by atoms with Gasteiger partial charge in [-0.25, -0.2) is 4.98 Å². The average molecular weight is 312 g/mol. The average Bonchev–Trinajstić information content (AvgIpc) is 2.58. The van der Waals surface area contributed by atoms with E-state index in [0.717, 1.165) is 49.8 Å². The Balaban J connectivity index is 1.72. The van der Waals surface area contributed by atoms with Crippen molar-refractivity contribution in [2.24, 2.45) is 0 Å². The van der Waals surface area contributed by atoms with Crippen LogP contribution in [-0.4, -0.2) is 47.1 Å². The Bertz CT molecular complexity index is 667. The highest BCUT2D eigenvalue weighted by molar-refractivity contribution is 6.03. The van der Waals surface area contributed by atoms with E-state index in [0.29, 0.717) is 5.69 Å². The summed E-state index contributed by atoms with van der Waals surface area (Å²) in [6.07, 6.45) is 3.09. The molecule has 2 aromatic rings. The summed E-state index contributed by atoms with van der Waals surface area (Å²) >= 11 is 0. The summed E-state index contributed by atoms with van der Waals surface area (Å²) in [7, 11) is 0. The second-order valence-corrected chi connectivity index (χ2v) is 5.54. The first-order chi connectivity index (χ1) is 11.2. The van der Waals surface area contributed by atoms with Crippen molar-refractivity contribution >= 4 is 11.6 Å². The van der Waals surface area contributed by atoms with Crippen LogP contribution in [0, 0.1) is 6.92 Å². The van der Waals surface area contributed by atoms with Crippen LogP contribution in [0.3, 0.4) is 0 Å². The van der Waals surface area contributed by atoms with E-state index >= 15 is 0 Å². The van der Waals surface area contributed by atoms with Crippen LogP contribution in [0.1, 0.15) is 21.7 Å². The molecular weight excluding hydrogens is 292 g/mol. The van der Waals surface area contributed by atoms with Crippen molar-refractivity contribution in [1.29, 1.82) is 0 Å². The fourth-order valence-electron chi connectivity index (χ4n) is 2.48. The van der Waals surface area contributed by atoms with Crippen LogP contribution in [-0.2, 0) is 11.3 Å². The van der Waals surface area contributed by atoms with E-state index in [1.54, 1.807) is 6.20 Å². The van der Waals surface area contributed by atoms with Crippen LogP contribution in [0.4, 0.5) is 5.69 Å². The first-order valence-electron chi connectivity index (χ1n) is 7.70. The van der Waals surface area contributed by atoms with E-state index in [1.807, 2.05) is 31.2 Å². The highest BCUT2D eigenvalue weighted by atomic mass is 16.5. The summed E-state index contributed by atoms with van der Waals surface area (Å²) in [6.45, 7) is 5.96. The van der Waals surface area contributed by atoms with Crippen molar-refractivity contribution in [3.05, 3.63) is 53.6 Å². The molecule has 6 heteroatoms. The molecule has 0 unspecified atom stereocenters. The Morgan fingerprint density at radius 2 is 2.00 bits per heavy atom. The molecule has 0 bridgehead atoms. The zero-order chi connectivity index (χ0) is 16.1. The Hall–Kier alpha value is -2.31. The number of hydrogen-bond acceptors (Lipinski definition) is 5. The van der Waals surface area contributed by atoms with Gasteiger partial charge in [-0.05, 0) is 18.6 Å². The number of aromatic nitrogens is 2.